The van der Waals surface area contributed by atoms with E-state index in [1.54, 1.807) is 24.7 Å². The summed E-state index contributed by atoms with van der Waals surface area (Å²) in [5, 5.41) is 12.1. The maximum absolute atomic E-state index is 12.6. The van der Waals surface area contributed by atoms with Crippen LogP contribution in [0.25, 0.3) is 10.2 Å². The average molecular weight is 348 g/mol. The minimum Gasteiger partial charge on any atom is -0.480 e. The van der Waals surface area contributed by atoms with E-state index < -0.39 is 12.0 Å². The number of aromatic nitrogens is 2. The first kappa shape index (κ1) is 16.6. The van der Waals surface area contributed by atoms with Crippen molar-refractivity contribution < 1.29 is 14.7 Å². The van der Waals surface area contributed by atoms with Crippen LogP contribution in [0.5, 0.6) is 0 Å². The molecule has 2 aromatic rings. The number of hydrogen-bond acceptors (Lipinski definition) is 6. The molecule has 0 aliphatic carbocycles. The number of piperidine rings is 1. The number of carbonyl (C=O) groups excluding carboxylic acids is 1. The maximum atomic E-state index is 12.6. The van der Waals surface area contributed by atoms with Crippen LogP contribution in [0.1, 0.15) is 19.8 Å². The van der Waals surface area contributed by atoms with Gasteiger partial charge in [-0.05, 0) is 31.2 Å². The number of aliphatic carboxylic acids is 1. The predicted molar refractivity (Wildman–Crippen MR) is 92.2 cm³/mol. The molecule has 1 amide bonds. The Kier molecular flexibility index (Phi) is 4.66. The standard InChI is InChI=1S/C16H20N4O3S/c1-10(16(22)23)19(2)15(21)11-4-3-6-20(8-11)13-12-5-7-24-14(12)18-9-17-13/h5,7,9-11H,3-4,6,8H2,1-2H3,(H,22,23)/t10-,11+/m0/s1. The molecule has 128 valence electrons. The van der Waals surface area contributed by atoms with E-state index >= 15 is 0 Å². The van der Waals surface area contributed by atoms with Crippen LogP contribution < -0.4 is 4.90 Å². The van der Waals surface area contributed by atoms with E-state index in [0.717, 1.165) is 35.4 Å². The second kappa shape index (κ2) is 6.72. The normalized spacial score (nSPS) is 19.2. The number of carboxylic acid groups (broad SMARTS) is 1. The highest BCUT2D eigenvalue weighted by Gasteiger charge is 2.32. The number of nitrogens with zero attached hydrogens (tertiary/aromatic N) is 4. The summed E-state index contributed by atoms with van der Waals surface area (Å²) in [6.07, 6.45) is 3.20. The highest BCUT2D eigenvalue weighted by Crippen LogP contribution is 2.30. The molecule has 2 atom stereocenters. The highest BCUT2D eigenvalue weighted by atomic mass is 32.1. The molecule has 0 radical (unpaired) electrons. The van der Waals surface area contributed by atoms with Crippen LogP contribution in [-0.4, -0.2) is 58.0 Å². The lowest BCUT2D eigenvalue weighted by Gasteiger charge is -2.35. The van der Waals surface area contributed by atoms with Crippen molar-refractivity contribution >= 4 is 39.2 Å². The van der Waals surface area contributed by atoms with Crippen molar-refractivity contribution in [2.24, 2.45) is 5.92 Å². The molecule has 8 heteroatoms. The number of carboxylic acids is 1. The first-order valence-corrected chi connectivity index (χ1v) is 8.79. The zero-order valence-electron chi connectivity index (χ0n) is 13.7. The predicted octanol–water partition coefficient (Wildman–Crippen LogP) is 1.84. The minimum absolute atomic E-state index is 0.120. The third kappa shape index (κ3) is 3.06. The molecule has 0 spiro atoms. The molecule has 2 aromatic heterocycles. The molecule has 1 aliphatic heterocycles. The number of thiophene rings is 1. The Morgan fingerprint density at radius 2 is 2.25 bits per heavy atom. The molecule has 24 heavy (non-hydrogen) atoms. The number of rotatable bonds is 4. The molecule has 0 unspecified atom stereocenters. The summed E-state index contributed by atoms with van der Waals surface area (Å²) < 4.78 is 0. The summed E-state index contributed by atoms with van der Waals surface area (Å²) >= 11 is 1.57. The number of hydrogen-bond donors (Lipinski definition) is 1. The van der Waals surface area contributed by atoms with Gasteiger partial charge in [0.25, 0.3) is 0 Å². The molecule has 1 N–H and O–H groups in total. The van der Waals surface area contributed by atoms with Crippen LogP contribution in [0.3, 0.4) is 0 Å². The molecule has 3 heterocycles. The highest BCUT2D eigenvalue weighted by molar-refractivity contribution is 7.16. The SMILES string of the molecule is C[C@@H](C(=O)O)N(C)C(=O)[C@@H]1CCCN(c2ncnc3sccc23)C1. The van der Waals surface area contributed by atoms with E-state index in [1.807, 2.05) is 11.4 Å². The molecule has 1 fully saturated rings. The van der Waals surface area contributed by atoms with Gasteiger partial charge in [-0.15, -0.1) is 11.3 Å². The molecule has 1 saturated heterocycles. The lowest BCUT2D eigenvalue weighted by atomic mass is 9.96. The van der Waals surface area contributed by atoms with E-state index in [0.29, 0.717) is 6.54 Å². The van der Waals surface area contributed by atoms with Crippen molar-refractivity contribution in [3.05, 3.63) is 17.8 Å². The molecule has 1 aliphatic rings. The van der Waals surface area contributed by atoms with E-state index in [1.165, 1.54) is 11.8 Å². The summed E-state index contributed by atoms with van der Waals surface area (Å²) in [6.45, 7) is 2.92. The van der Waals surface area contributed by atoms with Crippen molar-refractivity contribution in [2.45, 2.75) is 25.8 Å². The van der Waals surface area contributed by atoms with Gasteiger partial charge in [0.05, 0.1) is 11.3 Å². The fourth-order valence-electron chi connectivity index (χ4n) is 3.04. The van der Waals surface area contributed by atoms with Gasteiger partial charge < -0.3 is 14.9 Å². The average Bonchev–Trinajstić information content (AvgIpc) is 3.08. The largest absolute Gasteiger partial charge is 0.480 e. The lowest BCUT2D eigenvalue weighted by Crippen LogP contribution is -2.48. The monoisotopic (exact) mass is 348 g/mol. The van der Waals surface area contributed by atoms with Crippen molar-refractivity contribution in [2.75, 3.05) is 25.0 Å². The van der Waals surface area contributed by atoms with Crippen molar-refractivity contribution in [1.29, 1.82) is 0 Å². The third-order valence-electron chi connectivity index (χ3n) is 4.60. The van der Waals surface area contributed by atoms with Gasteiger partial charge in [-0.25, -0.2) is 14.8 Å². The topological polar surface area (TPSA) is 86.6 Å². The Balaban J connectivity index is 1.78. The Hall–Kier alpha value is -2.22. The first-order chi connectivity index (χ1) is 11.5. The van der Waals surface area contributed by atoms with Gasteiger partial charge in [0.15, 0.2) is 0 Å². The molecule has 7 nitrogen and oxygen atoms in total. The van der Waals surface area contributed by atoms with Crippen LogP contribution in [0.15, 0.2) is 17.8 Å². The Morgan fingerprint density at radius 3 is 3.00 bits per heavy atom. The van der Waals surface area contributed by atoms with Gasteiger partial charge in [0, 0.05) is 20.1 Å². The van der Waals surface area contributed by atoms with Crippen molar-refractivity contribution in [1.82, 2.24) is 14.9 Å². The smallest absolute Gasteiger partial charge is 0.326 e. The van der Waals surface area contributed by atoms with Gasteiger partial charge >= 0.3 is 5.97 Å². The molecule has 0 aromatic carbocycles. The minimum atomic E-state index is -0.991. The number of amides is 1. The van der Waals surface area contributed by atoms with Gasteiger partial charge in [-0.2, -0.15) is 0 Å². The second-order valence-electron chi connectivity index (χ2n) is 6.09. The summed E-state index contributed by atoms with van der Waals surface area (Å²) in [6, 6.07) is 1.18. The van der Waals surface area contributed by atoms with E-state index in [9.17, 15) is 9.59 Å². The Labute approximate surface area is 143 Å². The molecular formula is C16H20N4O3S. The first-order valence-electron chi connectivity index (χ1n) is 7.91. The molecule has 3 rings (SSSR count). The zero-order chi connectivity index (χ0) is 17.3. The third-order valence-corrected chi connectivity index (χ3v) is 5.42. The Bertz CT molecular complexity index is 763. The van der Waals surface area contributed by atoms with Gasteiger partial charge in [-0.3, -0.25) is 4.79 Å². The van der Waals surface area contributed by atoms with Gasteiger partial charge in [0.2, 0.25) is 5.91 Å². The van der Waals surface area contributed by atoms with Gasteiger partial charge in [-0.1, -0.05) is 0 Å². The number of anilines is 1. The fraction of sp³-hybridized carbons (Fsp3) is 0.500. The summed E-state index contributed by atoms with van der Waals surface area (Å²) in [5.74, 6) is -0.471. The number of carbonyl (C=O) groups is 2. The van der Waals surface area contributed by atoms with E-state index in [-0.39, 0.29) is 11.8 Å². The summed E-state index contributed by atoms with van der Waals surface area (Å²) in [7, 11) is 1.56. The van der Waals surface area contributed by atoms with Crippen LogP contribution in [0.4, 0.5) is 5.82 Å². The Morgan fingerprint density at radius 1 is 1.46 bits per heavy atom. The van der Waals surface area contributed by atoms with E-state index in [2.05, 4.69) is 14.9 Å². The van der Waals surface area contributed by atoms with Crippen LogP contribution >= 0.6 is 11.3 Å². The maximum Gasteiger partial charge on any atom is 0.326 e. The summed E-state index contributed by atoms with van der Waals surface area (Å²) in [4.78, 5) is 36.8. The summed E-state index contributed by atoms with van der Waals surface area (Å²) in [5.41, 5.74) is 0. The van der Waals surface area contributed by atoms with Crippen molar-refractivity contribution in [3.8, 4) is 0 Å². The molecular weight excluding hydrogens is 328 g/mol. The van der Waals surface area contributed by atoms with E-state index in [4.69, 9.17) is 5.11 Å². The fourth-order valence-corrected chi connectivity index (χ4v) is 3.77. The van der Waals surface area contributed by atoms with Crippen LogP contribution in [0, 0.1) is 5.92 Å². The van der Waals surface area contributed by atoms with Crippen LogP contribution in [-0.2, 0) is 9.59 Å². The number of fused-ring (bicyclic) bond motifs is 1. The molecule has 0 saturated carbocycles. The zero-order valence-corrected chi connectivity index (χ0v) is 14.5. The second-order valence-corrected chi connectivity index (χ2v) is 6.98. The number of likely N-dealkylation sites (N-methyl/N-ethyl adjacent to an activating group) is 1. The van der Waals surface area contributed by atoms with Gasteiger partial charge in [0.1, 0.15) is 23.0 Å². The lowest BCUT2D eigenvalue weighted by molar-refractivity contribution is -0.150. The quantitative estimate of drug-likeness (QED) is 0.907. The van der Waals surface area contributed by atoms with Crippen LogP contribution in [0.2, 0.25) is 0 Å². The van der Waals surface area contributed by atoms with Crippen molar-refractivity contribution in [3.63, 3.8) is 0 Å². The molecule has 0 bridgehead atoms.